The van der Waals surface area contributed by atoms with Crippen molar-refractivity contribution < 1.29 is 19.5 Å². The van der Waals surface area contributed by atoms with Crippen molar-refractivity contribution in [2.24, 2.45) is 11.8 Å². The number of rotatable bonds is 2. The number of nitrogens with zero attached hydrogens (tertiary/aromatic N) is 1. The number of carboxylic acid groups (broad SMARTS) is 1. The molecule has 2 amide bonds. The van der Waals surface area contributed by atoms with E-state index in [1.54, 1.807) is 13.8 Å². The summed E-state index contributed by atoms with van der Waals surface area (Å²) in [4.78, 5) is 36.2. The third kappa shape index (κ3) is 2.16. The molecule has 2 unspecified atom stereocenters. The molecule has 1 aromatic carbocycles. The van der Waals surface area contributed by atoms with Crippen molar-refractivity contribution in [3.63, 3.8) is 0 Å². The summed E-state index contributed by atoms with van der Waals surface area (Å²) in [7, 11) is 0. The zero-order valence-electron chi connectivity index (χ0n) is 10.4. The fourth-order valence-corrected chi connectivity index (χ4v) is 2.42. The fourth-order valence-electron chi connectivity index (χ4n) is 2.00. The smallest absolute Gasteiger partial charge is 0.335 e. The maximum atomic E-state index is 12.1. The molecular formula is C13H12BrNO4. The van der Waals surface area contributed by atoms with Crippen LogP contribution in [-0.4, -0.2) is 22.9 Å². The lowest BCUT2D eigenvalue weighted by Gasteiger charge is -2.17. The number of carbonyl (C=O) groups excluding carboxylic acids is 2. The van der Waals surface area contributed by atoms with Gasteiger partial charge < -0.3 is 5.11 Å². The maximum Gasteiger partial charge on any atom is 0.335 e. The molecule has 0 aromatic heterocycles. The molecule has 1 saturated heterocycles. The highest BCUT2D eigenvalue weighted by Gasteiger charge is 2.43. The van der Waals surface area contributed by atoms with E-state index >= 15 is 0 Å². The maximum absolute atomic E-state index is 12.1. The number of halogens is 1. The molecule has 1 heterocycles. The standard InChI is InChI=1S/C13H12BrNO4/c1-6-7(2)12(17)15(11(6)16)10-5-8(13(18)19)3-4-9(10)14/h3-7H,1-2H3,(H,18,19). The Morgan fingerprint density at radius 3 is 2.21 bits per heavy atom. The van der Waals surface area contributed by atoms with Gasteiger partial charge in [0.25, 0.3) is 0 Å². The van der Waals surface area contributed by atoms with Crippen LogP contribution >= 0.6 is 15.9 Å². The quantitative estimate of drug-likeness (QED) is 0.846. The van der Waals surface area contributed by atoms with E-state index < -0.39 is 17.8 Å². The monoisotopic (exact) mass is 325 g/mol. The Bertz CT molecular complexity index is 564. The predicted molar refractivity (Wildman–Crippen MR) is 71.9 cm³/mol. The van der Waals surface area contributed by atoms with E-state index in [9.17, 15) is 14.4 Å². The molecule has 5 nitrogen and oxygen atoms in total. The number of anilines is 1. The van der Waals surface area contributed by atoms with E-state index in [1.165, 1.54) is 18.2 Å². The molecule has 0 bridgehead atoms. The zero-order chi connectivity index (χ0) is 14.3. The van der Waals surface area contributed by atoms with Crippen molar-refractivity contribution in [2.75, 3.05) is 4.90 Å². The van der Waals surface area contributed by atoms with Crippen molar-refractivity contribution in [3.05, 3.63) is 28.2 Å². The van der Waals surface area contributed by atoms with E-state index in [2.05, 4.69) is 15.9 Å². The Balaban J connectivity index is 2.53. The summed E-state index contributed by atoms with van der Waals surface area (Å²) in [5.74, 6) is -2.50. The van der Waals surface area contributed by atoms with Crippen LogP contribution in [0.5, 0.6) is 0 Å². The lowest BCUT2D eigenvalue weighted by atomic mass is 10.00. The van der Waals surface area contributed by atoms with Crippen molar-refractivity contribution >= 4 is 39.4 Å². The molecule has 1 N–H and O–H groups in total. The zero-order valence-corrected chi connectivity index (χ0v) is 12.0. The first-order valence-electron chi connectivity index (χ1n) is 5.75. The molecule has 19 heavy (non-hydrogen) atoms. The van der Waals surface area contributed by atoms with Gasteiger partial charge in [0, 0.05) is 16.3 Å². The van der Waals surface area contributed by atoms with Crippen LogP contribution in [-0.2, 0) is 9.59 Å². The van der Waals surface area contributed by atoms with Crippen LogP contribution in [0.4, 0.5) is 5.69 Å². The third-order valence-corrected chi connectivity index (χ3v) is 4.07. The number of aromatic carboxylic acids is 1. The number of imide groups is 1. The topological polar surface area (TPSA) is 74.7 Å². The van der Waals surface area contributed by atoms with Crippen LogP contribution in [0.2, 0.25) is 0 Å². The summed E-state index contributed by atoms with van der Waals surface area (Å²) in [6, 6.07) is 4.26. The molecule has 1 aliphatic heterocycles. The molecule has 1 fully saturated rings. The minimum atomic E-state index is -1.10. The Labute approximate surface area is 118 Å². The van der Waals surface area contributed by atoms with Gasteiger partial charge in [0.15, 0.2) is 0 Å². The second-order valence-corrected chi connectivity index (χ2v) is 5.41. The summed E-state index contributed by atoms with van der Waals surface area (Å²) in [6.45, 7) is 3.39. The highest BCUT2D eigenvalue weighted by atomic mass is 79.9. The first-order chi connectivity index (χ1) is 8.84. The van der Waals surface area contributed by atoms with Crippen LogP contribution in [0.25, 0.3) is 0 Å². The number of benzene rings is 1. The molecule has 0 aliphatic carbocycles. The summed E-state index contributed by atoms with van der Waals surface area (Å²) >= 11 is 3.25. The van der Waals surface area contributed by atoms with Gasteiger partial charge in [0.2, 0.25) is 11.8 Å². The van der Waals surface area contributed by atoms with Gasteiger partial charge in [-0.25, -0.2) is 9.69 Å². The largest absolute Gasteiger partial charge is 0.478 e. The van der Waals surface area contributed by atoms with Crippen LogP contribution in [0.1, 0.15) is 24.2 Å². The number of hydrogen-bond acceptors (Lipinski definition) is 3. The van der Waals surface area contributed by atoms with Crippen LogP contribution < -0.4 is 4.90 Å². The highest BCUT2D eigenvalue weighted by Crippen LogP contribution is 2.35. The minimum Gasteiger partial charge on any atom is -0.478 e. The van der Waals surface area contributed by atoms with E-state index in [0.29, 0.717) is 4.47 Å². The number of carboxylic acids is 1. The average molecular weight is 326 g/mol. The molecule has 100 valence electrons. The lowest BCUT2D eigenvalue weighted by Crippen LogP contribution is -2.31. The summed E-state index contributed by atoms with van der Waals surface area (Å²) in [5, 5.41) is 8.98. The Hall–Kier alpha value is -1.69. The Morgan fingerprint density at radius 1 is 1.21 bits per heavy atom. The second kappa shape index (κ2) is 4.77. The molecule has 1 aromatic rings. The van der Waals surface area contributed by atoms with Gasteiger partial charge in [-0.3, -0.25) is 9.59 Å². The minimum absolute atomic E-state index is 0.0333. The molecule has 1 aliphatic rings. The second-order valence-electron chi connectivity index (χ2n) is 4.56. The average Bonchev–Trinajstić information content (AvgIpc) is 2.55. The summed E-state index contributed by atoms with van der Waals surface area (Å²) in [6.07, 6.45) is 0. The van der Waals surface area contributed by atoms with E-state index in [1.807, 2.05) is 0 Å². The molecule has 0 spiro atoms. The first kappa shape index (κ1) is 13.7. The van der Waals surface area contributed by atoms with Crippen molar-refractivity contribution in [3.8, 4) is 0 Å². The van der Waals surface area contributed by atoms with Crippen LogP contribution in [0.3, 0.4) is 0 Å². The molecule has 0 radical (unpaired) electrons. The van der Waals surface area contributed by atoms with Gasteiger partial charge in [-0.15, -0.1) is 0 Å². The number of hydrogen-bond donors (Lipinski definition) is 1. The van der Waals surface area contributed by atoms with E-state index in [4.69, 9.17) is 5.11 Å². The fraction of sp³-hybridized carbons (Fsp3) is 0.308. The lowest BCUT2D eigenvalue weighted by molar-refractivity contribution is -0.122. The van der Waals surface area contributed by atoms with Gasteiger partial charge in [-0.1, -0.05) is 13.8 Å². The van der Waals surface area contributed by atoms with E-state index in [0.717, 1.165) is 4.90 Å². The van der Waals surface area contributed by atoms with Gasteiger partial charge in [-0.05, 0) is 34.1 Å². The summed E-state index contributed by atoms with van der Waals surface area (Å²) in [5.41, 5.74) is 0.317. The van der Waals surface area contributed by atoms with Gasteiger partial charge in [0.1, 0.15) is 0 Å². The normalized spacial score (nSPS) is 23.0. The van der Waals surface area contributed by atoms with E-state index in [-0.39, 0.29) is 23.1 Å². The predicted octanol–water partition coefficient (Wildman–Crippen LogP) is 2.29. The van der Waals surface area contributed by atoms with Gasteiger partial charge in [0.05, 0.1) is 11.3 Å². The van der Waals surface area contributed by atoms with Gasteiger partial charge in [-0.2, -0.15) is 0 Å². The molecule has 2 rings (SSSR count). The Morgan fingerprint density at radius 2 is 1.74 bits per heavy atom. The van der Waals surface area contributed by atoms with Crippen LogP contribution in [0, 0.1) is 11.8 Å². The Kier molecular flexibility index (Phi) is 3.45. The first-order valence-corrected chi connectivity index (χ1v) is 6.54. The molecular weight excluding hydrogens is 314 g/mol. The summed E-state index contributed by atoms with van der Waals surface area (Å²) < 4.78 is 0.514. The van der Waals surface area contributed by atoms with Crippen LogP contribution in [0.15, 0.2) is 22.7 Å². The van der Waals surface area contributed by atoms with Crippen molar-refractivity contribution in [1.29, 1.82) is 0 Å². The van der Waals surface area contributed by atoms with Crippen molar-refractivity contribution in [1.82, 2.24) is 0 Å². The molecule has 6 heteroatoms. The number of amides is 2. The van der Waals surface area contributed by atoms with Gasteiger partial charge >= 0.3 is 5.97 Å². The number of carbonyl (C=O) groups is 3. The molecule has 2 atom stereocenters. The highest BCUT2D eigenvalue weighted by molar-refractivity contribution is 9.10. The third-order valence-electron chi connectivity index (χ3n) is 3.40. The van der Waals surface area contributed by atoms with Crippen molar-refractivity contribution in [2.45, 2.75) is 13.8 Å². The SMILES string of the molecule is CC1C(=O)N(c2cc(C(=O)O)ccc2Br)C(=O)C1C. The molecule has 0 saturated carbocycles.